The number of pyridine rings is 1. The maximum absolute atomic E-state index is 13.1. The van der Waals surface area contributed by atoms with Gasteiger partial charge in [0.2, 0.25) is 0 Å². The fraction of sp³-hybridized carbons (Fsp3) is 0.143. The van der Waals surface area contributed by atoms with Gasteiger partial charge in [0.25, 0.3) is 0 Å². The molecule has 1 heterocycles. The third-order valence-electron chi connectivity index (χ3n) is 2.44. The molecule has 3 nitrogen and oxygen atoms in total. The van der Waals surface area contributed by atoms with Gasteiger partial charge in [-0.2, -0.15) is 0 Å². The molecule has 0 saturated heterocycles. The average molecular weight is 245 g/mol. The number of nitrogens with zero attached hydrogens (tertiary/aromatic N) is 1. The predicted octanol–water partition coefficient (Wildman–Crippen LogP) is 2.65. The van der Waals surface area contributed by atoms with Crippen LogP contribution in [0.25, 0.3) is 0 Å². The normalized spacial score (nSPS) is 10.1. The van der Waals surface area contributed by atoms with Crippen LogP contribution in [0.4, 0.5) is 4.39 Å². The van der Waals surface area contributed by atoms with Crippen LogP contribution in [0.15, 0.2) is 42.7 Å². The summed E-state index contributed by atoms with van der Waals surface area (Å²) >= 11 is 0. The lowest BCUT2D eigenvalue weighted by atomic mass is 10.2. The number of benzene rings is 1. The number of carbonyl (C=O) groups excluding carboxylic acids is 1. The Bertz CT molecular complexity index is 529. The highest BCUT2D eigenvalue weighted by Crippen LogP contribution is 2.15. The molecule has 2 rings (SSSR count). The third kappa shape index (κ3) is 3.38. The van der Waals surface area contributed by atoms with E-state index < -0.39 is 5.82 Å². The number of hydrogen-bond donors (Lipinski definition) is 0. The van der Waals surface area contributed by atoms with Crippen LogP contribution < -0.4 is 4.74 Å². The first-order chi connectivity index (χ1) is 8.78. The van der Waals surface area contributed by atoms with Crippen molar-refractivity contribution >= 4 is 6.29 Å². The van der Waals surface area contributed by atoms with E-state index in [0.29, 0.717) is 25.1 Å². The molecule has 0 aliphatic carbocycles. The number of ether oxygens (including phenoxy) is 1. The molecule has 1 aromatic heterocycles. The quantitative estimate of drug-likeness (QED) is 0.760. The monoisotopic (exact) mass is 245 g/mol. The minimum absolute atomic E-state index is 0.272. The Kier molecular flexibility index (Phi) is 4.02. The topological polar surface area (TPSA) is 39.2 Å². The largest absolute Gasteiger partial charge is 0.493 e. The Morgan fingerprint density at radius 2 is 2.00 bits per heavy atom. The van der Waals surface area contributed by atoms with Crippen LogP contribution in [0.1, 0.15) is 15.9 Å². The van der Waals surface area contributed by atoms with Gasteiger partial charge in [-0.15, -0.1) is 0 Å². The second-order valence-corrected chi connectivity index (χ2v) is 3.79. The maximum atomic E-state index is 13.1. The number of halogens is 1. The Labute approximate surface area is 104 Å². The second kappa shape index (κ2) is 5.91. The van der Waals surface area contributed by atoms with Crippen LogP contribution >= 0.6 is 0 Å². The Hall–Kier alpha value is -2.23. The highest BCUT2D eigenvalue weighted by Gasteiger charge is 2.01. The van der Waals surface area contributed by atoms with E-state index >= 15 is 0 Å². The zero-order chi connectivity index (χ0) is 12.8. The molecule has 0 aliphatic rings. The molecule has 0 atom stereocenters. The molecule has 0 bridgehead atoms. The summed E-state index contributed by atoms with van der Waals surface area (Å²) in [5, 5.41) is 0. The van der Waals surface area contributed by atoms with E-state index in [0.717, 1.165) is 5.56 Å². The van der Waals surface area contributed by atoms with Crippen molar-refractivity contribution in [2.24, 2.45) is 0 Å². The molecule has 18 heavy (non-hydrogen) atoms. The van der Waals surface area contributed by atoms with E-state index in [1.807, 2.05) is 12.1 Å². The summed E-state index contributed by atoms with van der Waals surface area (Å²) in [4.78, 5) is 14.5. The molecule has 0 radical (unpaired) electrons. The molecule has 0 amide bonds. The number of aldehydes is 1. The minimum Gasteiger partial charge on any atom is -0.493 e. The third-order valence-corrected chi connectivity index (χ3v) is 2.44. The van der Waals surface area contributed by atoms with Gasteiger partial charge in [0.15, 0.2) is 0 Å². The summed E-state index contributed by atoms with van der Waals surface area (Å²) < 4.78 is 18.5. The number of rotatable bonds is 5. The lowest BCUT2D eigenvalue weighted by Crippen LogP contribution is -2.02. The van der Waals surface area contributed by atoms with Crippen molar-refractivity contribution in [3.8, 4) is 5.75 Å². The molecule has 0 N–H and O–H groups in total. The van der Waals surface area contributed by atoms with Crippen molar-refractivity contribution in [3.63, 3.8) is 0 Å². The first-order valence-corrected chi connectivity index (χ1v) is 5.55. The molecule has 0 unspecified atom stereocenters. The maximum Gasteiger partial charge on any atom is 0.150 e. The van der Waals surface area contributed by atoms with Gasteiger partial charge in [-0.3, -0.25) is 9.78 Å². The summed E-state index contributed by atoms with van der Waals surface area (Å²) in [6.45, 7) is 0.422. The van der Waals surface area contributed by atoms with Crippen LogP contribution in [0.2, 0.25) is 0 Å². The Morgan fingerprint density at radius 3 is 2.72 bits per heavy atom. The van der Waals surface area contributed by atoms with Crippen molar-refractivity contribution in [1.82, 2.24) is 4.98 Å². The van der Waals surface area contributed by atoms with Gasteiger partial charge in [-0.25, -0.2) is 4.39 Å². The lowest BCUT2D eigenvalue weighted by Gasteiger charge is -2.06. The Balaban J connectivity index is 1.94. The van der Waals surface area contributed by atoms with E-state index in [-0.39, 0.29) is 5.56 Å². The fourth-order valence-electron chi connectivity index (χ4n) is 1.57. The molecular weight excluding hydrogens is 233 g/mol. The van der Waals surface area contributed by atoms with Gasteiger partial charge >= 0.3 is 0 Å². The van der Waals surface area contributed by atoms with E-state index in [1.165, 1.54) is 18.2 Å². The van der Waals surface area contributed by atoms with Crippen molar-refractivity contribution in [3.05, 3.63) is 59.7 Å². The van der Waals surface area contributed by atoms with Gasteiger partial charge in [0.05, 0.1) is 6.61 Å². The Morgan fingerprint density at radius 1 is 1.22 bits per heavy atom. The number of carbonyl (C=O) groups is 1. The summed E-state index contributed by atoms with van der Waals surface area (Å²) in [5.74, 6) is -0.107. The predicted molar refractivity (Wildman–Crippen MR) is 65.2 cm³/mol. The van der Waals surface area contributed by atoms with Crippen molar-refractivity contribution in [2.75, 3.05) is 6.61 Å². The van der Waals surface area contributed by atoms with Crippen molar-refractivity contribution < 1.29 is 13.9 Å². The van der Waals surface area contributed by atoms with Gasteiger partial charge in [-0.05, 0) is 29.8 Å². The molecular formula is C14H12FNO2. The molecule has 0 fully saturated rings. The van der Waals surface area contributed by atoms with Gasteiger partial charge in [0, 0.05) is 30.4 Å². The second-order valence-electron chi connectivity index (χ2n) is 3.79. The lowest BCUT2D eigenvalue weighted by molar-refractivity contribution is 0.112. The molecule has 2 aromatic rings. The summed E-state index contributed by atoms with van der Waals surface area (Å²) in [7, 11) is 0. The van der Waals surface area contributed by atoms with Crippen LogP contribution in [0, 0.1) is 5.82 Å². The van der Waals surface area contributed by atoms with Gasteiger partial charge < -0.3 is 4.74 Å². The summed E-state index contributed by atoms with van der Waals surface area (Å²) in [6, 6.07) is 7.74. The zero-order valence-electron chi connectivity index (χ0n) is 9.67. The van der Waals surface area contributed by atoms with Gasteiger partial charge in [0.1, 0.15) is 17.9 Å². The van der Waals surface area contributed by atoms with Crippen LogP contribution in [0.3, 0.4) is 0 Å². The van der Waals surface area contributed by atoms with Crippen LogP contribution in [0.5, 0.6) is 5.75 Å². The molecule has 1 aromatic carbocycles. The van der Waals surface area contributed by atoms with E-state index in [4.69, 9.17) is 4.74 Å². The van der Waals surface area contributed by atoms with E-state index in [9.17, 15) is 9.18 Å². The standard InChI is InChI=1S/C14H12FNO2/c15-13-7-12(10-17)8-14(9-13)18-6-3-11-1-4-16-5-2-11/h1-2,4-5,7-10H,3,6H2. The van der Waals surface area contributed by atoms with Crippen LogP contribution in [-0.4, -0.2) is 17.9 Å². The molecule has 92 valence electrons. The highest BCUT2D eigenvalue weighted by molar-refractivity contribution is 5.75. The minimum atomic E-state index is -0.474. The van der Waals surface area contributed by atoms with Gasteiger partial charge in [-0.1, -0.05) is 0 Å². The summed E-state index contributed by atoms with van der Waals surface area (Å²) in [5.41, 5.74) is 1.37. The SMILES string of the molecule is O=Cc1cc(F)cc(OCCc2ccncc2)c1. The van der Waals surface area contributed by atoms with Crippen molar-refractivity contribution in [2.45, 2.75) is 6.42 Å². The number of aromatic nitrogens is 1. The van der Waals surface area contributed by atoms with E-state index in [2.05, 4.69) is 4.98 Å². The highest BCUT2D eigenvalue weighted by atomic mass is 19.1. The molecule has 0 saturated carbocycles. The van der Waals surface area contributed by atoms with E-state index in [1.54, 1.807) is 12.4 Å². The summed E-state index contributed by atoms with van der Waals surface area (Å²) in [6.07, 6.45) is 4.72. The van der Waals surface area contributed by atoms with Crippen LogP contribution in [-0.2, 0) is 6.42 Å². The zero-order valence-corrected chi connectivity index (χ0v) is 9.67. The average Bonchev–Trinajstić information content (AvgIpc) is 2.39. The molecule has 4 heteroatoms. The number of hydrogen-bond acceptors (Lipinski definition) is 3. The van der Waals surface area contributed by atoms with Crippen molar-refractivity contribution in [1.29, 1.82) is 0 Å². The first kappa shape index (κ1) is 12.2. The molecule has 0 spiro atoms. The molecule has 0 aliphatic heterocycles. The smallest absolute Gasteiger partial charge is 0.150 e. The first-order valence-electron chi connectivity index (χ1n) is 5.55. The fourth-order valence-corrected chi connectivity index (χ4v) is 1.57.